The summed E-state index contributed by atoms with van der Waals surface area (Å²) in [7, 11) is 0. The zero-order valence-electron chi connectivity index (χ0n) is 18.9. The first-order valence-corrected chi connectivity index (χ1v) is 11.7. The van der Waals surface area contributed by atoms with Crippen LogP contribution >= 0.6 is 11.5 Å². The molecule has 0 radical (unpaired) electrons. The minimum absolute atomic E-state index is 0.0930. The number of pyridine rings is 1. The first-order chi connectivity index (χ1) is 17.1. The Balaban J connectivity index is 1.34. The van der Waals surface area contributed by atoms with Gasteiger partial charge in [0.2, 0.25) is 5.88 Å². The van der Waals surface area contributed by atoms with Crippen LogP contribution in [-0.2, 0) is 0 Å². The number of aryl methyl sites for hydroxylation is 1. The van der Waals surface area contributed by atoms with Crippen LogP contribution in [0.3, 0.4) is 0 Å². The Kier molecular flexibility index (Phi) is 7.78. The van der Waals surface area contributed by atoms with Gasteiger partial charge in [0.15, 0.2) is 6.04 Å². The van der Waals surface area contributed by atoms with Gasteiger partial charge in [0.25, 0.3) is 12.3 Å². The first-order valence-electron chi connectivity index (χ1n) is 10.9. The van der Waals surface area contributed by atoms with Gasteiger partial charge in [-0.1, -0.05) is 0 Å². The first kappa shape index (κ1) is 25.9. The predicted molar refractivity (Wildman–Crippen MR) is 125 cm³/mol. The molecule has 1 amide bonds. The molecule has 36 heavy (non-hydrogen) atoms. The van der Waals surface area contributed by atoms with E-state index in [1.54, 1.807) is 24.0 Å². The van der Waals surface area contributed by atoms with Crippen molar-refractivity contribution in [1.82, 2.24) is 14.3 Å². The highest BCUT2D eigenvalue weighted by molar-refractivity contribution is 7.11. The van der Waals surface area contributed by atoms with E-state index in [2.05, 4.69) is 30.0 Å². The molecular weight excluding hydrogens is 509 g/mol. The average molecular weight is 532 g/mol. The summed E-state index contributed by atoms with van der Waals surface area (Å²) in [5.41, 5.74) is 1.00. The Morgan fingerprint density at radius 2 is 2.14 bits per heavy atom. The normalized spacial score (nSPS) is 20.5. The van der Waals surface area contributed by atoms with Crippen molar-refractivity contribution >= 4 is 40.2 Å². The third kappa shape index (κ3) is 6.51. The van der Waals surface area contributed by atoms with E-state index < -0.39 is 31.1 Å². The Labute approximate surface area is 206 Å². The maximum absolute atomic E-state index is 12.9. The number of aromatic nitrogens is 2. The van der Waals surface area contributed by atoms with Crippen molar-refractivity contribution in [2.75, 3.05) is 36.8 Å². The number of aliphatic imine (C=N–C) groups is 2. The van der Waals surface area contributed by atoms with Gasteiger partial charge < -0.3 is 15.4 Å². The Bertz CT molecular complexity index is 1140. The second-order valence-electron chi connectivity index (χ2n) is 8.18. The molecule has 0 aromatic carbocycles. The number of ether oxygens (including phenoxy) is 1. The van der Waals surface area contributed by atoms with Crippen LogP contribution < -0.4 is 15.4 Å². The lowest BCUT2D eigenvalue weighted by atomic mass is 10.2. The molecule has 1 saturated heterocycles. The molecule has 0 saturated carbocycles. The van der Waals surface area contributed by atoms with Crippen LogP contribution in [0.4, 0.5) is 32.6 Å². The lowest BCUT2D eigenvalue weighted by molar-refractivity contribution is -0.144. The molecular formula is C21H22F5N7O2S. The van der Waals surface area contributed by atoms with Crippen LogP contribution in [0.2, 0.25) is 0 Å². The largest absolute Gasteiger partial charge is 0.473 e. The number of hydrogen-bond donors (Lipinski definition) is 2. The number of carbonyl (C=O) groups excluding carboxylic acids is 1. The Morgan fingerprint density at radius 3 is 2.78 bits per heavy atom. The van der Waals surface area contributed by atoms with Crippen LogP contribution in [0.5, 0.6) is 5.88 Å². The number of hydrogen-bond acceptors (Lipinski definition) is 9. The van der Waals surface area contributed by atoms with Gasteiger partial charge >= 0.3 is 6.18 Å². The number of nitrogens with zero attached hydrogens (tertiary/aromatic N) is 5. The summed E-state index contributed by atoms with van der Waals surface area (Å²) >= 11 is 0.966. The molecule has 15 heteroatoms. The highest BCUT2D eigenvalue weighted by Crippen LogP contribution is 2.28. The standard InChI is InChI=1S/C21H22F5N7O2S/c1-11-18(20(36-32-11)31-16-8-27-14(7-28-16)21(24,25)26)19(34)30-12-2-3-17(29-6-12)35-13-4-5-33(9-13)10-15(22)23/h2-3,6,8,13-15H,4-5,7,9-10H2,1H3,(H,28,31)(H,30,34). The summed E-state index contributed by atoms with van der Waals surface area (Å²) in [5, 5.41) is 5.82. The van der Waals surface area contributed by atoms with Gasteiger partial charge in [-0.05, 0) is 30.9 Å². The van der Waals surface area contributed by atoms with Gasteiger partial charge in [0.05, 0.1) is 42.4 Å². The van der Waals surface area contributed by atoms with Crippen molar-refractivity contribution in [1.29, 1.82) is 0 Å². The summed E-state index contributed by atoms with van der Waals surface area (Å²) in [4.78, 5) is 26.0. The van der Waals surface area contributed by atoms with Crippen LogP contribution in [-0.4, -0.2) is 83.1 Å². The molecule has 2 unspecified atom stereocenters. The molecule has 2 atom stereocenters. The predicted octanol–water partition coefficient (Wildman–Crippen LogP) is 3.64. The Morgan fingerprint density at radius 1 is 1.33 bits per heavy atom. The minimum Gasteiger partial charge on any atom is -0.473 e. The summed E-state index contributed by atoms with van der Waals surface area (Å²) in [6.07, 6.45) is -4.12. The van der Waals surface area contributed by atoms with E-state index in [9.17, 15) is 26.7 Å². The lowest BCUT2D eigenvalue weighted by Crippen LogP contribution is -2.34. The third-order valence-corrected chi connectivity index (χ3v) is 6.28. The smallest absolute Gasteiger partial charge is 0.412 e. The van der Waals surface area contributed by atoms with Gasteiger partial charge in [0, 0.05) is 19.2 Å². The van der Waals surface area contributed by atoms with Crippen molar-refractivity contribution in [2.24, 2.45) is 9.98 Å². The van der Waals surface area contributed by atoms with Crippen LogP contribution in [0, 0.1) is 6.92 Å². The van der Waals surface area contributed by atoms with Crippen LogP contribution in [0.15, 0.2) is 28.3 Å². The molecule has 4 rings (SSSR count). The quantitative estimate of drug-likeness (QED) is 0.529. The Hall–Kier alpha value is -3.20. The summed E-state index contributed by atoms with van der Waals surface area (Å²) in [6, 6.07) is 1.26. The van der Waals surface area contributed by atoms with Crippen molar-refractivity contribution in [3.05, 3.63) is 29.6 Å². The highest BCUT2D eigenvalue weighted by Gasteiger charge is 2.40. The van der Waals surface area contributed by atoms with Crippen LogP contribution in [0.25, 0.3) is 0 Å². The summed E-state index contributed by atoms with van der Waals surface area (Å²) in [5.74, 6) is -0.103. The monoisotopic (exact) mass is 531 g/mol. The number of carbonyl (C=O) groups is 1. The third-order valence-electron chi connectivity index (χ3n) is 5.43. The van der Waals surface area contributed by atoms with Gasteiger partial charge in [-0.15, -0.1) is 0 Å². The molecule has 4 heterocycles. The van der Waals surface area contributed by atoms with E-state index in [0.29, 0.717) is 41.8 Å². The molecule has 2 aliphatic rings. The molecule has 9 nitrogen and oxygen atoms in total. The molecule has 2 N–H and O–H groups in total. The number of rotatable bonds is 7. The zero-order chi connectivity index (χ0) is 25.9. The van der Waals surface area contributed by atoms with E-state index in [0.717, 1.165) is 17.7 Å². The number of anilines is 2. The highest BCUT2D eigenvalue weighted by atomic mass is 32.1. The van der Waals surface area contributed by atoms with Gasteiger partial charge in [0.1, 0.15) is 16.9 Å². The number of amides is 1. The summed E-state index contributed by atoms with van der Waals surface area (Å²) < 4.78 is 73.2. The van der Waals surface area contributed by atoms with Gasteiger partial charge in [-0.2, -0.15) is 17.5 Å². The molecule has 2 aromatic heterocycles. The van der Waals surface area contributed by atoms with Crippen molar-refractivity contribution in [2.45, 2.75) is 38.1 Å². The zero-order valence-corrected chi connectivity index (χ0v) is 19.7. The number of nitrogens with one attached hydrogen (secondary N) is 2. The maximum Gasteiger partial charge on any atom is 0.412 e. The number of likely N-dealkylation sites (tertiary alicyclic amines) is 1. The molecule has 0 aliphatic carbocycles. The lowest BCUT2D eigenvalue weighted by Gasteiger charge is -2.18. The SMILES string of the molecule is Cc1nsc(NC2=NCC(C(F)(F)F)N=C2)c1C(=O)Nc1ccc(OC2CCN(CC(F)F)C2)nc1. The molecule has 194 valence electrons. The molecule has 2 aromatic rings. The molecule has 1 fully saturated rings. The van der Waals surface area contributed by atoms with Gasteiger partial charge in [-0.3, -0.25) is 19.7 Å². The van der Waals surface area contributed by atoms with E-state index >= 15 is 0 Å². The number of halogens is 5. The second-order valence-corrected chi connectivity index (χ2v) is 8.95. The maximum atomic E-state index is 12.9. The van der Waals surface area contributed by atoms with E-state index in [4.69, 9.17) is 4.74 Å². The summed E-state index contributed by atoms with van der Waals surface area (Å²) in [6.45, 7) is 1.69. The van der Waals surface area contributed by atoms with Gasteiger partial charge in [-0.25, -0.2) is 13.8 Å². The number of amidine groups is 1. The fourth-order valence-corrected chi connectivity index (χ4v) is 4.48. The number of alkyl halides is 5. The van der Waals surface area contributed by atoms with E-state index in [1.807, 2.05) is 0 Å². The molecule has 0 spiro atoms. The molecule has 2 aliphatic heterocycles. The van der Waals surface area contributed by atoms with Crippen LogP contribution in [0.1, 0.15) is 22.5 Å². The van der Waals surface area contributed by atoms with E-state index in [-0.39, 0.29) is 24.0 Å². The van der Waals surface area contributed by atoms with Crippen molar-refractivity contribution < 1.29 is 31.5 Å². The molecule has 0 bridgehead atoms. The average Bonchev–Trinajstić information content (AvgIpc) is 3.40. The van der Waals surface area contributed by atoms with Crippen molar-refractivity contribution in [3.8, 4) is 5.88 Å². The second kappa shape index (κ2) is 10.8. The fraction of sp³-hybridized carbons (Fsp3) is 0.476. The minimum atomic E-state index is -4.47. The fourth-order valence-electron chi connectivity index (χ4n) is 3.67. The van der Waals surface area contributed by atoms with Crippen molar-refractivity contribution in [3.63, 3.8) is 0 Å². The van der Waals surface area contributed by atoms with E-state index in [1.165, 1.54) is 6.20 Å². The topological polar surface area (TPSA) is 104 Å².